The molecule has 0 fully saturated rings. The third-order valence-electron chi connectivity index (χ3n) is 1.66. The molecule has 0 aliphatic carbocycles. The van der Waals surface area contributed by atoms with Crippen molar-refractivity contribution >= 4 is 11.8 Å². The molecule has 0 aliphatic heterocycles. The Morgan fingerprint density at radius 1 is 1.60 bits per heavy atom. The van der Waals surface area contributed by atoms with E-state index in [9.17, 15) is 9.59 Å². The largest absolute Gasteiger partial charge is 0.462 e. The van der Waals surface area contributed by atoms with Gasteiger partial charge in [-0.1, -0.05) is 11.7 Å². The molecule has 1 heterocycles. The second-order valence-electron chi connectivity index (χ2n) is 2.85. The third kappa shape index (κ3) is 2.52. The zero-order chi connectivity index (χ0) is 11.4. The van der Waals surface area contributed by atoms with Crippen LogP contribution >= 0.6 is 0 Å². The van der Waals surface area contributed by atoms with Crippen LogP contribution in [0, 0.1) is 6.92 Å². The van der Waals surface area contributed by atoms with Gasteiger partial charge in [0.1, 0.15) is 11.3 Å². The van der Waals surface area contributed by atoms with Crippen molar-refractivity contribution in [3.63, 3.8) is 0 Å². The summed E-state index contributed by atoms with van der Waals surface area (Å²) in [6.45, 7) is 6.85. The molecule has 1 aromatic heterocycles. The van der Waals surface area contributed by atoms with Gasteiger partial charge in [-0.2, -0.15) is 0 Å². The van der Waals surface area contributed by atoms with E-state index in [1.165, 1.54) is 6.07 Å². The topological polar surface area (TPSA) is 69.4 Å². The van der Waals surface area contributed by atoms with Gasteiger partial charge in [-0.15, -0.1) is 0 Å². The minimum Gasteiger partial charge on any atom is -0.462 e. The van der Waals surface area contributed by atoms with E-state index in [1.54, 1.807) is 13.8 Å². The maximum absolute atomic E-state index is 11.6. The first-order valence-electron chi connectivity index (χ1n) is 4.40. The third-order valence-corrected chi connectivity index (χ3v) is 1.66. The minimum absolute atomic E-state index is 0.0607. The van der Waals surface area contributed by atoms with Gasteiger partial charge in [0.2, 0.25) is 5.78 Å². The predicted molar refractivity (Wildman–Crippen MR) is 51.3 cm³/mol. The smallest absolute Gasteiger partial charge is 0.341 e. The molecule has 0 atom stereocenters. The van der Waals surface area contributed by atoms with E-state index in [4.69, 9.17) is 4.52 Å². The van der Waals surface area contributed by atoms with Crippen LogP contribution in [0.3, 0.4) is 0 Å². The van der Waals surface area contributed by atoms with Gasteiger partial charge in [0.25, 0.3) is 0 Å². The second kappa shape index (κ2) is 4.54. The Labute approximate surface area is 86.7 Å². The first-order chi connectivity index (χ1) is 7.06. The quantitative estimate of drug-likeness (QED) is 0.245. The molecule has 15 heavy (non-hydrogen) atoms. The average molecular weight is 209 g/mol. The van der Waals surface area contributed by atoms with Gasteiger partial charge >= 0.3 is 5.97 Å². The number of carbonyl (C=O) groups is 2. The van der Waals surface area contributed by atoms with Gasteiger partial charge in [0.15, 0.2) is 5.69 Å². The molecule has 0 aromatic carbocycles. The van der Waals surface area contributed by atoms with Crippen molar-refractivity contribution in [1.29, 1.82) is 0 Å². The van der Waals surface area contributed by atoms with Crippen LogP contribution in [0.2, 0.25) is 0 Å². The summed E-state index contributed by atoms with van der Waals surface area (Å²) in [5, 5.41) is 3.49. The van der Waals surface area contributed by atoms with Gasteiger partial charge in [-0.25, -0.2) is 4.79 Å². The standard InChI is InChI=1S/C10H11NO4/c1-4-14-10(13)7(3)9(12)8-5-6(2)15-11-8/h5H,3-4H2,1-2H3. The lowest BCUT2D eigenvalue weighted by molar-refractivity contribution is -0.138. The van der Waals surface area contributed by atoms with Crippen LogP contribution in [-0.2, 0) is 9.53 Å². The first kappa shape index (κ1) is 11.2. The van der Waals surface area contributed by atoms with Crippen LogP contribution < -0.4 is 0 Å². The van der Waals surface area contributed by atoms with Crippen LogP contribution in [-0.4, -0.2) is 23.5 Å². The summed E-state index contributed by atoms with van der Waals surface area (Å²) in [4.78, 5) is 22.7. The molecular weight excluding hydrogens is 198 g/mol. The number of ketones is 1. The van der Waals surface area contributed by atoms with Crippen molar-refractivity contribution in [2.45, 2.75) is 13.8 Å². The first-order valence-corrected chi connectivity index (χ1v) is 4.40. The summed E-state index contributed by atoms with van der Waals surface area (Å²) >= 11 is 0. The second-order valence-corrected chi connectivity index (χ2v) is 2.85. The molecule has 0 bridgehead atoms. The van der Waals surface area contributed by atoms with Gasteiger partial charge < -0.3 is 9.26 Å². The normalized spacial score (nSPS) is 9.73. The monoisotopic (exact) mass is 209 g/mol. The van der Waals surface area contributed by atoms with Gasteiger partial charge in [-0.05, 0) is 13.8 Å². The SMILES string of the molecule is C=C(C(=O)OCC)C(=O)c1cc(C)on1. The van der Waals surface area contributed by atoms with Crippen molar-refractivity contribution in [1.82, 2.24) is 5.16 Å². The van der Waals surface area contributed by atoms with E-state index in [2.05, 4.69) is 16.5 Å². The van der Waals surface area contributed by atoms with Crippen LogP contribution in [0.15, 0.2) is 22.7 Å². The number of ether oxygens (including phenoxy) is 1. The zero-order valence-corrected chi connectivity index (χ0v) is 8.57. The molecule has 0 saturated carbocycles. The molecular formula is C10H11NO4. The lowest BCUT2D eigenvalue weighted by Gasteiger charge is -2.01. The maximum atomic E-state index is 11.6. The van der Waals surface area contributed by atoms with Crippen molar-refractivity contribution in [3.8, 4) is 0 Å². The number of hydrogen-bond acceptors (Lipinski definition) is 5. The Hall–Kier alpha value is -1.91. The Bertz CT molecular complexity index is 405. The van der Waals surface area contributed by atoms with E-state index in [1.807, 2.05) is 0 Å². The number of nitrogens with zero attached hydrogens (tertiary/aromatic N) is 1. The number of hydrogen-bond donors (Lipinski definition) is 0. The highest BCUT2D eigenvalue weighted by Gasteiger charge is 2.21. The Morgan fingerprint density at radius 3 is 2.73 bits per heavy atom. The van der Waals surface area contributed by atoms with E-state index in [0.29, 0.717) is 5.76 Å². The Balaban J connectivity index is 2.77. The van der Waals surface area contributed by atoms with Crippen LogP contribution in [0.4, 0.5) is 0 Å². The number of aromatic nitrogens is 1. The summed E-state index contributed by atoms with van der Waals surface area (Å²) < 4.78 is 9.35. The summed E-state index contributed by atoms with van der Waals surface area (Å²) in [5.74, 6) is -0.816. The number of carbonyl (C=O) groups excluding carboxylic acids is 2. The average Bonchev–Trinajstić information content (AvgIpc) is 2.63. The lowest BCUT2D eigenvalue weighted by Crippen LogP contribution is -2.15. The predicted octanol–water partition coefficient (Wildman–Crippen LogP) is 1.29. The molecule has 0 amide bonds. The summed E-state index contributed by atoms with van der Waals surface area (Å²) in [6, 6.07) is 1.44. The number of rotatable bonds is 4. The molecule has 1 rings (SSSR count). The minimum atomic E-state index is -0.733. The fourth-order valence-electron chi connectivity index (χ4n) is 0.939. The van der Waals surface area contributed by atoms with Gasteiger partial charge in [0.05, 0.1) is 6.61 Å². The highest BCUT2D eigenvalue weighted by molar-refractivity contribution is 6.22. The Kier molecular flexibility index (Phi) is 3.38. The number of esters is 1. The fourth-order valence-corrected chi connectivity index (χ4v) is 0.939. The van der Waals surface area contributed by atoms with E-state index < -0.39 is 11.8 Å². The van der Waals surface area contributed by atoms with Crippen molar-refractivity contribution < 1.29 is 18.8 Å². The summed E-state index contributed by atoms with van der Waals surface area (Å²) in [5.41, 5.74) is -0.185. The molecule has 5 heteroatoms. The molecule has 80 valence electrons. The van der Waals surface area contributed by atoms with Crippen molar-refractivity contribution in [3.05, 3.63) is 29.7 Å². The Morgan fingerprint density at radius 2 is 2.27 bits per heavy atom. The van der Waals surface area contributed by atoms with Gasteiger partial charge in [-0.3, -0.25) is 4.79 Å². The molecule has 0 saturated heterocycles. The molecule has 0 spiro atoms. The van der Waals surface area contributed by atoms with Crippen LogP contribution in [0.25, 0.3) is 0 Å². The van der Waals surface area contributed by atoms with Crippen molar-refractivity contribution in [2.75, 3.05) is 6.61 Å². The fraction of sp³-hybridized carbons (Fsp3) is 0.300. The molecule has 0 N–H and O–H groups in total. The number of aryl methyl sites for hydroxylation is 1. The summed E-state index contributed by atoms with van der Waals surface area (Å²) in [6.07, 6.45) is 0. The lowest BCUT2D eigenvalue weighted by atomic mass is 10.1. The molecule has 0 unspecified atom stereocenters. The van der Waals surface area contributed by atoms with E-state index in [-0.39, 0.29) is 17.9 Å². The van der Waals surface area contributed by atoms with Crippen LogP contribution in [0.1, 0.15) is 23.2 Å². The summed E-state index contributed by atoms with van der Waals surface area (Å²) in [7, 11) is 0. The van der Waals surface area contributed by atoms with Crippen molar-refractivity contribution in [2.24, 2.45) is 0 Å². The zero-order valence-electron chi connectivity index (χ0n) is 8.57. The maximum Gasteiger partial charge on any atom is 0.341 e. The van der Waals surface area contributed by atoms with E-state index >= 15 is 0 Å². The molecule has 0 radical (unpaired) electrons. The van der Waals surface area contributed by atoms with E-state index in [0.717, 1.165) is 0 Å². The molecule has 0 aliphatic rings. The molecule has 1 aromatic rings. The van der Waals surface area contributed by atoms with Gasteiger partial charge in [0, 0.05) is 6.07 Å². The highest BCUT2D eigenvalue weighted by Crippen LogP contribution is 2.08. The molecule has 5 nitrogen and oxygen atoms in total. The van der Waals surface area contributed by atoms with Crippen LogP contribution in [0.5, 0.6) is 0 Å². The highest BCUT2D eigenvalue weighted by atomic mass is 16.5. The number of Topliss-reactive ketones (excluding diaryl/α,β-unsaturated/α-hetero) is 1.